The summed E-state index contributed by atoms with van der Waals surface area (Å²) in [7, 11) is 3.30. The van der Waals surface area contributed by atoms with Gasteiger partial charge in [-0.15, -0.1) is 0 Å². The Labute approximate surface area is 73.4 Å². The number of methoxy groups -OCH3 is 2. The van der Waals surface area contributed by atoms with Crippen molar-refractivity contribution in [3.05, 3.63) is 0 Å². The molecule has 0 N–H and O–H groups in total. The molecular formula is C4H10O2Tm. The van der Waals surface area contributed by atoms with Gasteiger partial charge in [0.15, 0.2) is 0 Å². The topological polar surface area (TPSA) is 18.5 Å². The SMILES string of the molecule is COCCOC.[Tm]. The molecule has 0 aliphatic heterocycles. The molecule has 0 aromatic rings. The van der Waals surface area contributed by atoms with E-state index in [9.17, 15) is 0 Å². The molecule has 0 atom stereocenters. The number of hydrogen-bond donors (Lipinski definition) is 0. The molecule has 7 heavy (non-hydrogen) atoms. The van der Waals surface area contributed by atoms with Crippen LogP contribution in [0.15, 0.2) is 0 Å². The average Bonchev–Trinajstić information content (AvgIpc) is 1.61. The van der Waals surface area contributed by atoms with E-state index in [1.54, 1.807) is 14.2 Å². The first-order chi connectivity index (χ1) is 2.91. The smallest absolute Gasteiger partial charge is 0.0696 e. The third-order valence-corrected chi connectivity index (χ3v) is 0.492. The van der Waals surface area contributed by atoms with Gasteiger partial charge in [0.2, 0.25) is 0 Å². The average molecular weight is 259 g/mol. The first-order valence-corrected chi connectivity index (χ1v) is 1.89. The van der Waals surface area contributed by atoms with E-state index >= 15 is 0 Å². The minimum atomic E-state index is 0. The molecule has 0 aromatic heterocycles. The Bertz CT molecular complexity index is 21.7. The van der Waals surface area contributed by atoms with Crippen LogP contribution in [0.2, 0.25) is 0 Å². The third-order valence-electron chi connectivity index (χ3n) is 0.492. The van der Waals surface area contributed by atoms with Crippen LogP contribution in [0.25, 0.3) is 0 Å². The van der Waals surface area contributed by atoms with E-state index in [1.165, 1.54) is 0 Å². The monoisotopic (exact) mass is 259 g/mol. The maximum atomic E-state index is 4.66. The van der Waals surface area contributed by atoms with Gasteiger partial charge < -0.3 is 9.47 Å². The van der Waals surface area contributed by atoms with Crippen LogP contribution in [0.3, 0.4) is 0 Å². The Balaban J connectivity index is 0. The molecule has 0 bridgehead atoms. The summed E-state index contributed by atoms with van der Waals surface area (Å²) >= 11 is 0. The van der Waals surface area contributed by atoms with Crippen LogP contribution in [-0.2, 0) is 9.47 Å². The summed E-state index contributed by atoms with van der Waals surface area (Å²) in [6, 6.07) is 0. The molecule has 51 valence electrons. The van der Waals surface area contributed by atoms with E-state index in [2.05, 4.69) is 9.47 Å². The van der Waals surface area contributed by atoms with E-state index in [1.807, 2.05) is 0 Å². The van der Waals surface area contributed by atoms with Gasteiger partial charge in [0.1, 0.15) is 0 Å². The Kier molecular flexibility index (Phi) is 16.1. The van der Waals surface area contributed by atoms with Gasteiger partial charge in [-0.3, -0.25) is 0 Å². The van der Waals surface area contributed by atoms with Gasteiger partial charge in [-0.1, -0.05) is 0 Å². The molecule has 0 aliphatic rings. The van der Waals surface area contributed by atoms with Crippen molar-refractivity contribution in [3.8, 4) is 0 Å². The van der Waals surface area contributed by atoms with Gasteiger partial charge >= 0.3 is 0 Å². The fourth-order valence-corrected chi connectivity index (χ4v) is 0.167. The Morgan fingerprint density at radius 2 is 1.29 bits per heavy atom. The van der Waals surface area contributed by atoms with Crippen molar-refractivity contribution in [1.82, 2.24) is 0 Å². The van der Waals surface area contributed by atoms with Gasteiger partial charge in [-0.05, 0) is 0 Å². The van der Waals surface area contributed by atoms with Crippen LogP contribution in [0, 0.1) is 36.9 Å². The molecule has 0 amide bonds. The largest absolute Gasteiger partial charge is 0.382 e. The van der Waals surface area contributed by atoms with Gasteiger partial charge in [0, 0.05) is 51.1 Å². The van der Waals surface area contributed by atoms with Crippen molar-refractivity contribution >= 4 is 0 Å². The summed E-state index contributed by atoms with van der Waals surface area (Å²) in [5.74, 6) is 0. The van der Waals surface area contributed by atoms with E-state index in [0.29, 0.717) is 13.2 Å². The van der Waals surface area contributed by atoms with Crippen molar-refractivity contribution in [3.63, 3.8) is 0 Å². The first kappa shape index (κ1) is 11.0. The molecule has 0 rings (SSSR count). The third kappa shape index (κ3) is 11.0. The van der Waals surface area contributed by atoms with Crippen LogP contribution in [0.1, 0.15) is 0 Å². The number of hydrogen-bond acceptors (Lipinski definition) is 2. The molecule has 0 aliphatic carbocycles. The van der Waals surface area contributed by atoms with Crippen molar-refractivity contribution in [2.24, 2.45) is 0 Å². The summed E-state index contributed by atoms with van der Waals surface area (Å²) in [5, 5.41) is 0. The summed E-state index contributed by atoms with van der Waals surface area (Å²) in [6.45, 7) is 1.38. The van der Waals surface area contributed by atoms with Crippen LogP contribution in [0.5, 0.6) is 0 Å². The van der Waals surface area contributed by atoms with Gasteiger partial charge in [-0.25, -0.2) is 0 Å². The molecule has 0 unspecified atom stereocenters. The van der Waals surface area contributed by atoms with Crippen LogP contribution < -0.4 is 0 Å². The molecule has 0 spiro atoms. The number of ether oxygens (including phenoxy) is 2. The predicted octanol–water partition coefficient (Wildman–Crippen LogP) is 0.279. The van der Waals surface area contributed by atoms with Crippen molar-refractivity contribution < 1.29 is 46.3 Å². The van der Waals surface area contributed by atoms with E-state index in [-0.39, 0.29) is 36.9 Å². The van der Waals surface area contributed by atoms with Gasteiger partial charge in [0.25, 0.3) is 0 Å². The summed E-state index contributed by atoms with van der Waals surface area (Å²) in [4.78, 5) is 0. The van der Waals surface area contributed by atoms with Gasteiger partial charge in [-0.2, -0.15) is 0 Å². The van der Waals surface area contributed by atoms with Crippen LogP contribution in [-0.4, -0.2) is 27.4 Å². The molecule has 0 heterocycles. The van der Waals surface area contributed by atoms with E-state index in [4.69, 9.17) is 0 Å². The molecular weight excluding hydrogens is 249 g/mol. The zero-order valence-corrected chi connectivity index (χ0v) is 6.29. The molecule has 1 radical (unpaired) electrons. The van der Waals surface area contributed by atoms with Crippen molar-refractivity contribution in [2.75, 3.05) is 27.4 Å². The minimum absolute atomic E-state index is 0. The Morgan fingerprint density at radius 3 is 1.43 bits per heavy atom. The normalized spacial score (nSPS) is 7.71. The fourth-order valence-electron chi connectivity index (χ4n) is 0.167. The van der Waals surface area contributed by atoms with Crippen molar-refractivity contribution in [2.45, 2.75) is 0 Å². The second kappa shape index (κ2) is 10.2. The number of rotatable bonds is 3. The molecule has 0 saturated carbocycles. The molecule has 2 nitrogen and oxygen atoms in total. The maximum absolute atomic E-state index is 4.66. The quantitative estimate of drug-likeness (QED) is 0.678. The molecule has 0 saturated heterocycles. The zero-order chi connectivity index (χ0) is 4.83. The summed E-state index contributed by atoms with van der Waals surface area (Å²) < 4.78 is 9.31. The first-order valence-electron chi connectivity index (χ1n) is 1.89. The summed E-state index contributed by atoms with van der Waals surface area (Å²) in [6.07, 6.45) is 0. The Hall–Kier alpha value is 1.15. The summed E-state index contributed by atoms with van der Waals surface area (Å²) in [5.41, 5.74) is 0. The zero-order valence-electron chi connectivity index (χ0n) is 4.51. The second-order valence-electron chi connectivity index (χ2n) is 0.986. The molecule has 3 heteroatoms. The Morgan fingerprint density at radius 1 is 1.00 bits per heavy atom. The van der Waals surface area contributed by atoms with Crippen LogP contribution >= 0.6 is 0 Å². The van der Waals surface area contributed by atoms with E-state index < -0.39 is 0 Å². The fraction of sp³-hybridized carbons (Fsp3) is 1.00. The van der Waals surface area contributed by atoms with Crippen LogP contribution in [0.4, 0.5) is 0 Å². The molecule has 0 fully saturated rings. The minimum Gasteiger partial charge on any atom is -0.382 e. The predicted molar refractivity (Wildman–Crippen MR) is 23.8 cm³/mol. The van der Waals surface area contributed by atoms with Gasteiger partial charge in [0.05, 0.1) is 13.2 Å². The maximum Gasteiger partial charge on any atom is 0.0696 e. The standard InChI is InChI=1S/C4H10O2.Tm/c1-5-3-4-6-2;/h3-4H2,1-2H3;. The molecule has 0 aromatic carbocycles. The van der Waals surface area contributed by atoms with Crippen molar-refractivity contribution in [1.29, 1.82) is 0 Å². The van der Waals surface area contributed by atoms with E-state index in [0.717, 1.165) is 0 Å². The second-order valence-corrected chi connectivity index (χ2v) is 0.986.